The van der Waals surface area contributed by atoms with Crippen molar-refractivity contribution in [2.75, 3.05) is 5.32 Å². The molecule has 124 valence electrons. The van der Waals surface area contributed by atoms with E-state index < -0.39 is 6.10 Å². The number of carbonyl (C=O) groups is 1. The molecule has 7 heteroatoms. The van der Waals surface area contributed by atoms with Crippen LogP contribution in [0.25, 0.3) is 11.0 Å². The Labute approximate surface area is 144 Å². The molecule has 0 unspecified atom stereocenters. The lowest BCUT2D eigenvalue weighted by Gasteiger charge is -2.15. The van der Waals surface area contributed by atoms with E-state index in [-0.39, 0.29) is 5.91 Å². The zero-order valence-corrected chi connectivity index (χ0v) is 14.3. The second-order valence-corrected chi connectivity index (χ2v) is 6.09. The largest absolute Gasteiger partial charge is 0.382 e. The normalized spacial score (nSPS) is 12.2. The summed E-state index contributed by atoms with van der Waals surface area (Å²) < 4.78 is 0. The average Bonchev–Trinajstić information content (AvgIpc) is 2.93. The summed E-state index contributed by atoms with van der Waals surface area (Å²) in [6.07, 6.45) is -0.756. The molecule has 0 fully saturated rings. The van der Waals surface area contributed by atoms with Crippen molar-refractivity contribution in [2.24, 2.45) is 0 Å². The van der Waals surface area contributed by atoms with Crippen LogP contribution in [-0.4, -0.2) is 27.2 Å². The van der Waals surface area contributed by atoms with E-state index in [4.69, 9.17) is 16.4 Å². The molecule has 0 aliphatic rings. The molecule has 3 aromatic rings. The van der Waals surface area contributed by atoms with Gasteiger partial charge in [-0.1, -0.05) is 28.6 Å². The van der Waals surface area contributed by atoms with Gasteiger partial charge in [0.05, 0.1) is 0 Å². The lowest BCUT2D eigenvalue weighted by molar-refractivity contribution is -0.127. The minimum Gasteiger partial charge on any atom is -0.382 e. The molecular weight excluding hydrogens is 328 g/mol. The van der Waals surface area contributed by atoms with E-state index in [0.717, 1.165) is 16.8 Å². The highest BCUT2D eigenvalue weighted by Crippen LogP contribution is 2.18. The number of anilines is 1. The Balaban J connectivity index is 1.76. The third-order valence-corrected chi connectivity index (χ3v) is 3.89. The van der Waals surface area contributed by atoms with Crippen LogP contribution in [0, 0.1) is 13.8 Å². The number of fused-ring (bicyclic) bond motifs is 1. The topological polar surface area (TPSA) is 69.0 Å². The van der Waals surface area contributed by atoms with E-state index in [9.17, 15) is 4.79 Å². The molecule has 0 radical (unpaired) electrons. The molecule has 6 nitrogen and oxygen atoms in total. The van der Waals surface area contributed by atoms with Crippen molar-refractivity contribution in [3.63, 3.8) is 0 Å². The monoisotopic (exact) mass is 344 g/mol. The lowest BCUT2D eigenvalue weighted by atomic mass is 10.1. The Bertz CT molecular complexity index is 907. The summed E-state index contributed by atoms with van der Waals surface area (Å²) in [5.74, 6) is -0.269. The first-order valence-electron chi connectivity index (χ1n) is 7.50. The predicted molar refractivity (Wildman–Crippen MR) is 93.1 cm³/mol. The quantitative estimate of drug-likeness (QED) is 0.789. The number of halogens is 1. The maximum atomic E-state index is 12.4. The van der Waals surface area contributed by atoms with Crippen LogP contribution in [0.4, 0.5) is 5.69 Å². The first kappa shape index (κ1) is 16.3. The minimum absolute atomic E-state index is 0.269. The molecule has 1 N–H and O–H groups in total. The summed E-state index contributed by atoms with van der Waals surface area (Å²) in [5, 5.41) is 11.3. The van der Waals surface area contributed by atoms with Gasteiger partial charge in [-0.05, 0) is 61.4 Å². The van der Waals surface area contributed by atoms with Gasteiger partial charge in [0.25, 0.3) is 5.91 Å². The molecule has 1 aromatic heterocycles. The van der Waals surface area contributed by atoms with Crippen molar-refractivity contribution in [3.05, 3.63) is 52.5 Å². The fraction of sp³-hybridized carbons (Fsp3) is 0.235. The molecule has 1 atom stereocenters. The van der Waals surface area contributed by atoms with Gasteiger partial charge in [0.1, 0.15) is 11.0 Å². The van der Waals surface area contributed by atoms with E-state index in [1.165, 1.54) is 4.85 Å². The van der Waals surface area contributed by atoms with E-state index in [0.29, 0.717) is 16.1 Å². The Kier molecular flexibility index (Phi) is 4.40. The Morgan fingerprint density at radius 1 is 1.25 bits per heavy atom. The van der Waals surface area contributed by atoms with Crippen molar-refractivity contribution < 1.29 is 9.63 Å². The number of amides is 1. The van der Waals surface area contributed by atoms with Crippen molar-refractivity contribution in [2.45, 2.75) is 26.9 Å². The molecule has 0 saturated carbocycles. The third-order valence-electron chi connectivity index (χ3n) is 3.66. The van der Waals surface area contributed by atoms with Gasteiger partial charge in [-0.3, -0.25) is 4.79 Å². The van der Waals surface area contributed by atoms with Crippen molar-refractivity contribution >= 4 is 34.2 Å². The molecule has 24 heavy (non-hydrogen) atoms. The van der Waals surface area contributed by atoms with Gasteiger partial charge >= 0.3 is 0 Å². The fourth-order valence-electron chi connectivity index (χ4n) is 2.25. The standard InChI is InChI=1S/C17H17ClN4O2/c1-10-4-5-11(2)15(8-10)19-17(23)12(3)24-22-16-9-13(18)6-7-14(16)20-21-22/h4-9,12H,1-3H3,(H,19,23)/t12-/m0/s1. The van der Waals surface area contributed by atoms with Crippen molar-refractivity contribution in [3.8, 4) is 0 Å². The molecule has 2 aromatic carbocycles. The number of benzene rings is 2. The summed E-state index contributed by atoms with van der Waals surface area (Å²) in [6, 6.07) is 11.0. The summed E-state index contributed by atoms with van der Waals surface area (Å²) >= 11 is 5.98. The van der Waals surface area contributed by atoms with Crippen LogP contribution in [0.1, 0.15) is 18.1 Å². The molecule has 0 aliphatic heterocycles. The van der Waals surface area contributed by atoms with Gasteiger partial charge in [0.2, 0.25) is 6.10 Å². The highest BCUT2D eigenvalue weighted by molar-refractivity contribution is 6.31. The van der Waals surface area contributed by atoms with Gasteiger partial charge in [-0.15, -0.1) is 5.10 Å². The van der Waals surface area contributed by atoms with Crippen LogP contribution in [0.5, 0.6) is 0 Å². The predicted octanol–water partition coefficient (Wildman–Crippen LogP) is 3.16. The van der Waals surface area contributed by atoms with Gasteiger partial charge < -0.3 is 10.2 Å². The van der Waals surface area contributed by atoms with Crippen LogP contribution < -0.4 is 10.2 Å². The summed E-state index contributed by atoms with van der Waals surface area (Å²) in [6.45, 7) is 5.56. The van der Waals surface area contributed by atoms with Crippen LogP contribution >= 0.6 is 11.6 Å². The van der Waals surface area contributed by atoms with Crippen molar-refractivity contribution in [1.82, 2.24) is 15.2 Å². The van der Waals surface area contributed by atoms with E-state index >= 15 is 0 Å². The number of nitrogens with one attached hydrogen (secondary N) is 1. The first-order chi connectivity index (χ1) is 11.4. The molecule has 0 spiro atoms. The third kappa shape index (κ3) is 3.33. The van der Waals surface area contributed by atoms with Gasteiger partial charge in [-0.25, -0.2) is 0 Å². The van der Waals surface area contributed by atoms with Crippen molar-refractivity contribution in [1.29, 1.82) is 0 Å². The first-order valence-corrected chi connectivity index (χ1v) is 7.88. The molecule has 0 bridgehead atoms. The minimum atomic E-state index is -0.756. The molecule has 0 saturated heterocycles. The molecule has 1 amide bonds. The maximum absolute atomic E-state index is 12.4. The molecule has 3 rings (SSSR count). The summed E-state index contributed by atoms with van der Waals surface area (Å²) in [4.78, 5) is 19.2. The summed E-state index contributed by atoms with van der Waals surface area (Å²) in [5.41, 5.74) is 4.07. The van der Waals surface area contributed by atoms with Crippen LogP contribution in [0.15, 0.2) is 36.4 Å². The smallest absolute Gasteiger partial charge is 0.267 e. The Morgan fingerprint density at radius 2 is 2.04 bits per heavy atom. The molecule has 1 heterocycles. The number of rotatable bonds is 4. The van der Waals surface area contributed by atoms with E-state index in [1.807, 2.05) is 32.0 Å². The zero-order chi connectivity index (χ0) is 17.3. The highest BCUT2D eigenvalue weighted by atomic mass is 35.5. The SMILES string of the molecule is Cc1ccc(C)c(NC(=O)[C@H](C)On2nnc3ccc(Cl)cc32)c1. The average molecular weight is 345 g/mol. The van der Waals surface area contributed by atoms with Crippen LogP contribution in [-0.2, 0) is 4.79 Å². The number of hydrogen-bond donors (Lipinski definition) is 1. The van der Waals surface area contributed by atoms with Gasteiger partial charge in [0, 0.05) is 10.7 Å². The lowest BCUT2D eigenvalue weighted by Crippen LogP contribution is -2.35. The van der Waals surface area contributed by atoms with Gasteiger partial charge in [-0.2, -0.15) is 0 Å². The summed E-state index contributed by atoms with van der Waals surface area (Å²) in [7, 11) is 0. The number of nitrogens with zero attached hydrogens (tertiary/aromatic N) is 3. The van der Waals surface area contributed by atoms with E-state index in [1.54, 1.807) is 25.1 Å². The van der Waals surface area contributed by atoms with E-state index in [2.05, 4.69) is 15.6 Å². The Morgan fingerprint density at radius 3 is 2.83 bits per heavy atom. The van der Waals surface area contributed by atoms with Crippen LogP contribution in [0.2, 0.25) is 5.02 Å². The second-order valence-electron chi connectivity index (χ2n) is 5.65. The molecular formula is C17H17ClN4O2. The number of aromatic nitrogens is 3. The fourth-order valence-corrected chi connectivity index (χ4v) is 2.42. The Hall–Kier alpha value is -2.60. The second kappa shape index (κ2) is 6.49. The zero-order valence-electron chi connectivity index (χ0n) is 13.6. The highest BCUT2D eigenvalue weighted by Gasteiger charge is 2.18. The van der Waals surface area contributed by atoms with Gasteiger partial charge in [0.15, 0.2) is 0 Å². The number of carbonyl (C=O) groups excluding carboxylic acids is 1. The van der Waals surface area contributed by atoms with Crippen LogP contribution in [0.3, 0.4) is 0 Å². The molecule has 0 aliphatic carbocycles. The maximum Gasteiger partial charge on any atom is 0.267 e. The number of hydrogen-bond acceptors (Lipinski definition) is 4. The number of aryl methyl sites for hydroxylation is 2.